The summed E-state index contributed by atoms with van der Waals surface area (Å²) in [4.78, 5) is 0. The summed E-state index contributed by atoms with van der Waals surface area (Å²) >= 11 is 6.20. The molecule has 0 aliphatic heterocycles. The molecule has 0 saturated heterocycles. The number of nitrogens with zero attached hydrogens (tertiary/aromatic N) is 2. The molecule has 0 N–H and O–H groups in total. The number of rotatable bonds is 2. The van der Waals surface area contributed by atoms with Gasteiger partial charge in [0.05, 0.1) is 28.7 Å². The number of hydrogen-bond acceptors (Lipinski definition) is 1. The lowest BCUT2D eigenvalue weighted by atomic mass is 10.1. The number of aromatic nitrogens is 1. The maximum atomic E-state index is 13.8. The van der Waals surface area contributed by atoms with Gasteiger partial charge in [0, 0.05) is 17.1 Å². The van der Waals surface area contributed by atoms with Crippen molar-refractivity contribution in [2.75, 3.05) is 0 Å². The third-order valence-corrected chi connectivity index (χ3v) is 3.56. The van der Waals surface area contributed by atoms with Crippen LogP contribution in [0.4, 0.5) is 4.39 Å². The summed E-state index contributed by atoms with van der Waals surface area (Å²) in [7, 11) is 0. The van der Waals surface area contributed by atoms with E-state index in [0.717, 1.165) is 10.9 Å². The fourth-order valence-electron chi connectivity index (χ4n) is 2.30. The molecule has 2 nitrogen and oxygen atoms in total. The summed E-state index contributed by atoms with van der Waals surface area (Å²) < 4.78 is 15.7. The number of benzene rings is 2. The molecule has 0 radical (unpaired) electrons. The smallest absolute Gasteiger partial charge is 0.128 e. The third-order valence-electron chi connectivity index (χ3n) is 3.25. The van der Waals surface area contributed by atoms with E-state index in [-0.39, 0.29) is 5.82 Å². The second-order valence-corrected chi connectivity index (χ2v) is 4.95. The van der Waals surface area contributed by atoms with E-state index in [2.05, 4.69) is 0 Å². The Hall–Kier alpha value is -2.31. The van der Waals surface area contributed by atoms with Gasteiger partial charge in [-0.2, -0.15) is 5.26 Å². The maximum Gasteiger partial charge on any atom is 0.128 e. The molecule has 2 aromatic carbocycles. The Labute approximate surface area is 120 Å². The predicted molar refractivity (Wildman–Crippen MR) is 77.2 cm³/mol. The van der Waals surface area contributed by atoms with Crippen molar-refractivity contribution < 1.29 is 4.39 Å². The van der Waals surface area contributed by atoms with E-state index < -0.39 is 0 Å². The minimum absolute atomic E-state index is 0.321. The quantitative estimate of drug-likeness (QED) is 0.687. The van der Waals surface area contributed by atoms with Gasteiger partial charge in [-0.3, -0.25) is 0 Å². The van der Waals surface area contributed by atoms with Gasteiger partial charge in [-0.15, -0.1) is 0 Å². The van der Waals surface area contributed by atoms with Gasteiger partial charge in [0.1, 0.15) is 5.82 Å². The molecule has 98 valence electrons. The van der Waals surface area contributed by atoms with Gasteiger partial charge in [-0.1, -0.05) is 23.7 Å². The SMILES string of the molecule is N#Cc1ccc(F)c(Cn2ccc3cccc(Cl)c32)c1. The first-order chi connectivity index (χ1) is 9.69. The zero-order valence-corrected chi connectivity index (χ0v) is 11.2. The lowest BCUT2D eigenvalue weighted by Crippen LogP contribution is -2.01. The van der Waals surface area contributed by atoms with Crippen LogP contribution in [0.1, 0.15) is 11.1 Å². The zero-order chi connectivity index (χ0) is 14.1. The first-order valence-corrected chi connectivity index (χ1v) is 6.49. The van der Waals surface area contributed by atoms with Crippen LogP contribution >= 0.6 is 11.6 Å². The van der Waals surface area contributed by atoms with E-state index in [1.165, 1.54) is 12.1 Å². The molecule has 0 bridgehead atoms. The van der Waals surface area contributed by atoms with Gasteiger partial charge in [-0.25, -0.2) is 4.39 Å². The second-order valence-electron chi connectivity index (χ2n) is 4.54. The molecule has 1 aromatic heterocycles. The van der Waals surface area contributed by atoms with Crippen LogP contribution in [0.25, 0.3) is 10.9 Å². The molecule has 0 aliphatic carbocycles. The summed E-state index contributed by atoms with van der Waals surface area (Å²) in [5.74, 6) is -0.321. The lowest BCUT2D eigenvalue weighted by Gasteiger charge is -2.08. The van der Waals surface area contributed by atoms with Crippen molar-refractivity contribution >= 4 is 22.5 Å². The van der Waals surface area contributed by atoms with Gasteiger partial charge in [-0.05, 0) is 30.3 Å². The van der Waals surface area contributed by atoms with Crippen LogP contribution in [0, 0.1) is 17.1 Å². The number of para-hydroxylation sites is 1. The van der Waals surface area contributed by atoms with Crippen LogP contribution in [0.15, 0.2) is 48.7 Å². The average molecular weight is 285 g/mol. The Morgan fingerprint density at radius 1 is 1.20 bits per heavy atom. The molecule has 0 amide bonds. The fourth-order valence-corrected chi connectivity index (χ4v) is 2.59. The summed E-state index contributed by atoms with van der Waals surface area (Å²) in [5, 5.41) is 10.5. The molecular formula is C16H10ClFN2. The van der Waals surface area contributed by atoms with Crippen molar-refractivity contribution in [3.8, 4) is 6.07 Å². The van der Waals surface area contributed by atoms with Crippen LogP contribution in [0.3, 0.4) is 0 Å². The minimum Gasteiger partial charge on any atom is -0.342 e. The average Bonchev–Trinajstić information content (AvgIpc) is 2.86. The van der Waals surface area contributed by atoms with Crippen molar-refractivity contribution in [3.05, 3.63) is 70.6 Å². The lowest BCUT2D eigenvalue weighted by molar-refractivity contribution is 0.602. The van der Waals surface area contributed by atoms with Gasteiger partial charge in [0.25, 0.3) is 0 Å². The molecule has 1 heterocycles. The van der Waals surface area contributed by atoms with Gasteiger partial charge >= 0.3 is 0 Å². The van der Waals surface area contributed by atoms with Crippen molar-refractivity contribution in [2.45, 2.75) is 6.54 Å². The third kappa shape index (κ3) is 2.15. The van der Waals surface area contributed by atoms with Crippen LogP contribution in [0.2, 0.25) is 5.02 Å². The Kier molecular flexibility index (Phi) is 3.17. The molecule has 0 spiro atoms. The fraction of sp³-hybridized carbons (Fsp3) is 0.0625. The number of nitriles is 1. The molecular weight excluding hydrogens is 275 g/mol. The maximum absolute atomic E-state index is 13.8. The number of hydrogen-bond donors (Lipinski definition) is 0. The zero-order valence-electron chi connectivity index (χ0n) is 10.5. The van der Waals surface area contributed by atoms with Crippen molar-refractivity contribution in [1.82, 2.24) is 4.57 Å². The van der Waals surface area contributed by atoms with E-state index in [0.29, 0.717) is 22.7 Å². The first-order valence-electron chi connectivity index (χ1n) is 6.11. The molecule has 0 atom stereocenters. The van der Waals surface area contributed by atoms with Crippen LogP contribution in [-0.2, 0) is 6.54 Å². The molecule has 0 fully saturated rings. The number of fused-ring (bicyclic) bond motifs is 1. The largest absolute Gasteiger partial charge is 0.342 e. The molecule has 20 heavy (non-hydrogen) atoms. The van der Waals surface area contributed by atoms with E-state index >= 15 is 0 Å². The minimum atomic E-state index is -0.321. The first kappa shape index (κ1) is 12.7. The van der Waals surface area contributed by atoms with Crippen molar-refractivity contribution in [3.63, 3.8) is 0 Å². The monoisotopic (exact) mass is 284 g/mol. The predicted octanol–water partition coefficient (Wildman–Crippen LogP) is 4.35. The Balaban J connectivity index is 2.08. The van der Waals surface area contributed by atoms with Crippen LogP contribution in [-0.4, -0.2) is 4.57 Å². The standard InChI is InChI=1S/C16H10ClFN2/c17-14-3-1-2-12-6-7-20(16(12)14)10-13-8-11(9-19)4-5-15(13)18/h1-8H,10H2. The highest BCUT2D eigenvalue weighted by Gasteiger charge is 2.09. The molecule has 0 aliphatic rings. The summed E-state index contributed by atoms with van der Waals surface area (Å²) in [5.41, 5.74) is 1.79. The molecule has 3 rings (SSSR count). The molecule has 3 aromatic rings. The highest BCUT2D eigenvalue weighted by atomic mass is 35.5. The molecule has 0 saturated carbocycles. The summed E-state index contributed by atoms with van der Waals surface area (Å²) in [6.07, 6.45) is 1.87. The Morgan fingerprint density at radius 3 is 2.85 bits per heavy atom. The highest BCUT2D eigenvalue weighted by molar-refractivity contribution is 6.35. The summed E-state index contributed by atoms with van der Waals surface area (Å²) in [6.45, 7) is 0.342. The highest BCUT2D eigenvalue weighted by Crippen LogP contribution is 2.25. The van der Waals surface area contributed by atoms with Crippen molar-refractivity contribution in [2.24, 2.45) is 0 Å². The van der Waals surface area contributed by atoms with Crippen molar-refractivity contribution in [1.29, 1.82) is 5.26 Å². The normalized spacial score (nSPS) is 10.7. The topological polar surface area (TPSA) is 28.7 Å². The van der Waals surface area contributed by atoms with E-state index in [9.17, 15) is 4.39 Å². The van der Waals surface area contributed by atoms with E-state index in [1.54, 1.807) is 6.07 Å². The Morgan fingerprint density at radius 2 is 2.05 bits per heavy atom. The Bertz CT molecular complexity index is 830. The number of halogens is 2. The summed E-state index contributed by atoms with van der Waals surface area (Å²) in [6, 6.07) is 14.0. The second kappa shape index (κ2) is 4.99. The van der Waals surface area contributed by atoms with Gasteiger partial charge in [0.2, 0.25) is 0 Å². The van der Waals surface area contributed by atoms with Crippen LogP contribution < -0.4 is 0 Å². The van der Waals surface area contributed by atoms with E-state index in [4.69, 9.17) is 16.9 Å². The van der Waals surface area contributed by atoms with Gasteiger partial charge < -0.3 is 4.57 Å². The van der Waals surface area contributed by atoms with Crippen LogP contribution in [0.5, 0.6) is 0 Å². The molecule has 0 unspecified atom stereocenters. The van der Waals surface area contributed by atoms with Gasteiger partial charge in [0.15, 0.2) is 0 Å². The molecule has 4 heteroatoms. The van der Waals surface area contributed by atoms with E-state index in [1.807, 2.05) is 41.1 Å².